The minimum Gasteiger partial charge on any atom is -0.466 e. The Balaban J connectivity index is 3.33. The zero-order valence-corrected chi connectivity index (χ0v) is 51.5. The largest absolute Gasteiger partial charge is 0.466 e. The van der Waals surface area contributed by atoms with E-state index in [4.69, 9.17) is 4.74 Å². The van der Waals surface area contributed by atoms with Crippen molar-refractivity contribution in [2.45, 2.75) is 398 Å². The number of aliphatic hydroxyl groups excluding tert-OH is 2. The van der Waals surface area contributed by atoms with Crippen LogP contribution >= 0.6 is 0 Å². The molecule has 0 aliphatic carbocycles. The van der Waals surface area contributed by atoms with Crippen molar-refractivity contribution in [1.82, 2.24) is 5.32 Å². The van der Waals surface area contributed by atoms with Crippen LogP contribution in [0.1, 0.15) is 386 Å². The van der Waals surface area contributed by atoms with E-state index >= 15 is 0 Å². The van der Waals surface area contributed by atoms with Crippen LogP contribution in [0.5, 0.6) is 0 Å². The van der Waals surface area contributed by atoms with Crippen LogP contribution in [0.3, 0.4) is 0 Å². The zero-order chi connectivity index (χ0) is 55.0. The summed E-state index contributed by atoms with van der Waals surface area (Å²) in [6.07, 6.45) is 82.2. The molecule has 0 aromatic carbocycles. The number of allylic oxidation sites excluding steroid dienone is 4. The van der Waals surface area contributed by atoms with Gasteiger partial charge in [0, 0.05) is 12.8 Å². The first-order valence-electron chi connectivity index (χ1n) is 34.6. The van der Waals surface area contributed by atoms with Gasteiger partial charge in [0.05, 0.1) is 25.4 Å². The van der Waals surface area contributed by atoms with Gasteiger partial charge >= 0.3 is 5.97 Å². The molecule has 0 fully saturated rings. The van der Waals surface area contributed by atoms with Crippen molar-refractivity contribution in [3.63, 3.8) is 0 Å². The number of hydrogen-bond donors (Lipinski definition) is 3. The molecule has 2 atom stereocenters. The van der Waals surface area contributed by atoms with Crippen LogP contribution in [-0.4, -0.2) is 47.4 Å². The maximum absolute atomic E-state index is 12.5. The third-order valence-electron chi connectivity index (χ3n) is 16.3. The Hall–Kier alpha value is -1.66. The lowest BCUT2D eigenvalue weighted by Gasteiger charge is -2.22. The Morgan fingerprint density at radius 1 is 0.368 bits per heavy atom. The molecule has 3 N–H and O–H groups in total. The molecule has 0 radical (unpaired) electrons. The highest BCUT2D eigenvalue weighted by molar-refractivity contribution is 5.76. The molecule has 76 heavy (non-hydrogen) atoms. The van der Waals surface area contributed by atoms with Crippen LogP contribution in [0.4, 0.5) is 0 Å². The van der Waals surface area contributed by atoms with Gasteiger partial charge in [-0.2, -0.15) is 0 Å². The van der Waals surface area contributed by atoms with Crippen LogP contribution in [0.25, 0.3) is 0 Å². The molecule has 0 aliphatic rings. The van der Waals surface area contributed by atoms with Gasteiger partial charge in [0.1, 0.15) is 0 Å². The van der Waals surface area contributed by atoms with E-state index in [1.54, 1.807) is 0 Å². The summed E-state index contributed by atoms with van der Waals surface area (Å²) < 4.78 is 5.49. The molecule has 2 unspecified atom stereocenters. The summed E-state index contributed by atoms with van der Waals surface area (Å²) in [5.41, 5.74) is 0. The van der Waals surface area contributed by atoms with Crippen molar-refractivity contribution >= 4 is 11.9 Å². The van der Waals surface area contributed by atoms with E-state index in [1.807, 2.05) is 0 Å². The van der Waals surface area contributed by atoms with E-state index in [0.717, 1.165) is 51.4 Å². The summed E-state index contributed by atoms with van der Waals surface area (Å²) in [5, 5.41) is 23.3. The van der Waals surface area contributed by atoms with E-state index in [2.05, 4.69) is 43.5 Å². The van der Waals surface area contributed by atoms with Gasteiger partial charge in [-0.1, -0.05) is 340 Å². The second-order valence-electron chi connectivity index (χ2n) is 23.9. The molecule has 0 saturated carbocycles. The van der Waals surface area contributed by atoms with Crippen LogP contribution < -0.4 is 5.32 Å². The summed E-state index contributed by atoms with van der Waals surface area (Å²) >= 11 is 0. The molecule has 6 heteroatoms. The number of amides is 1. The van der Waals surface area contributed by atoms with Crippen molar-refractivity contribution < 1.29 is 24.5 Å². The average molecular weight is 1070 g/mol. The van der Waals surface area contributed by atoms with Crippen LogP contribution in [0.15, 0.2) is 24.3 Å². The summed E-state index contributed by atoms with van der Waals surface area (Å²) in [4.78, 5) is 24.6. The SMILES string of the molecule is CCCCCC/C=C\C/C=C\CCCCCCCC(=O)OCCCCCCCCCCCCCCCCCCCCCCCCCCCCCCCC(=O)NC(CO)C(O)CCCCCCCCCCCCCCCC. The Morgan fingerprint density at radius 2 is 0.658 bits per heavy atom. The molecule has 0 spiro atoms. The number of unbranched alkanes of at least 4 members (excludes halogenated alkanes) is 50. The minimum atomic E-state index is -0.661. The molecule has 0 saturated heterocycles. The first-order valence-corrected chi connectivity index (χ1v) is 34.6. The predicted octanol–water partition coefficient (Wildman–Crippen LogP) is 22.1. The molecule has 1 amide bonds. The molecular weight excluding hydrogens is 935 g/mol. The number of aliphatic hydroxyl groups is 2. The Morgan fingerprint density at radius 3 is 1.01 bits per heavy atom. The lowest BCUT2D eigenvalue weighted by Crippen LogP contribution is -2.45. The van der Waals surface area contributed by atoms with Crippen molar-refractivity contribution in [3.8, 4) is 0 Å². The monoisotopic (exact) mass is 1070 g/mol. The molecule has 6 nitrogen and oxygen atoms in total. The smallest absolute Gasteiger partial charge is 0.305 e. The fourth-order valence-corrected chi connectivity index (χ4v) is 11.0. The van der Waals surface area contributed by atoms with E-state index < -0.39 is 12.1 Å². The van der Waals surface area contributed by atoms with Gasteiger partial charge < -0.3 is 20.3 Å². The van der Waals surface area contributed by atoms with Gasteiger partial charge in [0.15, 0.2) is 0 Å². The molecular formula is C70H135NO5. The third kappa shape index (κ3) is 61.6. The van der Waals surface area contributed by atoms with E-state index in [1.165, 1.54) is 302 Å². The fourth-order valence-electron chi connectivity index (χ4n) is 11.0. The van der Waals surface area contributed by atoms with Crippen molar-refractivity contribution in [2.75, 3.05) is 13.2 Å². The third-order valence-corrected chi connectivity index (χ3v) is 16.3. The Labute approximate surface area is 475 Å². The second kappa shape index (κ2) is 65.9. The van der Waals surface area contributed by atoms with Gasteiger partial charge in [0.2, 0.25) is 5.91 Å². The average Bonchev–Trinajstić information content (AvgIpc) is 3.42. The normalized spacial score (nSPS) is 12.6. The van der Waals surface area contributed by atoms with Gasteiger partial charge in [-0.3, -0.25) is 9.59 Å². The number of rotatable bonds is 65. The summed E-state index contributed by atoms with van der Waals surface area (Å²) in [7, 11) is 0. The first kappa shape index (κ1) is 74.3. The summed E-state index contributed by atoms with van der Waals surface area (Å²) in [6.45, 7) is 4.96. The molecule has 0 bridgehead atoms. The van der Waals surface area contributed by atoms with Crippen molar-refractivity contribution in [2.24, 2.45) is 0 Å². The van der Waals surface area contributed by atoms with E-state index in [0.29, 0.717) is 25.9 Å². The van der Waals surface area contributed by atoms with Crippen molar-refractivity contribution in [3.05, 3.63) is 24.3 Å². The van der Waals surface area contributed by atoms with Crippen molar-refractivity contribution in [1.29, 1.82) is 0 Å². The Bertz CT molecular complexity index is 1190. The highest BCUT2D eigenvalue weighted by Crippen LogP contribution is 2.19. The number of carbonyl (C=O) groups is 2. The lowest BCUT2D eigenvalue weighted by atomic mass is 10.0. The predicted molar refractivity (Wildman–Crippen MR) is 333 cm³/mol. The molecule has 0 heterocycles. The minimum absolute atomic E-state index is 0.00654. The van der Waals surface area contributed by atoms with Crippen LogP contribution in [0, 0.1) is 0 Å². The Kier molecular flexibility index (Phi) is 64.4. The molecule has 0 aromatic rings. The quantitative estimate of drug-likeness (QED) is 0.0320. The van der Waals surface area contributed by atoms with Gasteiger partial charge in [-0.05, 0) is 57.8 Å². The number of esters is 1. The number of ether oxygens (including phenoxy) is 1. The molecule has 0 aliphatic heterocycles. The van der Waals surface area contributed by atoms with Gasteiger partial charge in [-0.25, -0.2) is 0 Å². The summed E-state index contributed by atoms with van der Waals surface area (Å²) in [5.74, 6) is -0.0226. The lowest BCUT2D eigenvalue weighted by molar-refractivity contribution is -0.143. The maximum atomic E-state index is 12.5. The van der Waals surface area contributed by atoms with E-state index in [-0.39, 0.29) is 18.5 Å². The number of nitrogens with one attached hydrogen (secondary N) is 1. The van der Waals surface area contributed by atoms with E-state index in [9.17, 15) is 19.8 Å². The number of carbonyl (C=O) groups excluding carboxylic acids is 2. The molecule has 450 valence electrons. The standard InChI is InChI=1S/C70H135NO5/c1-3-5-7-9-11-13-15-17-19-36-40-44-48-52-56-60-64-70(75)76-65-61-57-53-49-45-41-37-34-32-30-28-26-24-22-20-21-23-25-27-29-31-33-35-39-43-47-51-55-59-63-69(74)71-67(66-72)68(73)62-58-54-50-46-42-38-18-16-14-12-10-8-6-4-2/h13,15,19,36,67-68,72-73H,3-12,14,16-18,20-35,37-66H2,1-2H3,(H,71,74)/b15-13-,36-19-. The van der Waals surface area contributed by atoms with Crippen LogP contribution in [0.2, 0.25) is 0 Å². The highest BCUT2D eigenvalue weighted by Gasteiger charge is 2.20. The van der Waals surface area contributed by atoms with Gasteiger partial charge in [-0.15, -0.1) is 0 Å². The fraction of sp³-hybridized carbons (Fsp3) is 0.914. The van der Waals surface area contributed by atoms with Gasteiger partial charge in [0.25, 0.3) is 0 Å². The maximum Gasteiger partial charge on any atom is 0.305 e. The topological polar surface area (TPSA) is 95.9 Å². The molecule has 0 aromatic heterocycles. The highest BCUT2D eigenvalue weighted by atomic mass is 16.5. The zero-order valence-electron chi connectivity index (χ0n) is 51.5. The summed E-state index contributed by atoms with van der Waals surface area (Å²) in [6, 6.07) is -0.538. The second-order valence-corrected chi connectivity index (χ2v) is 23.9. The molecule has 0 rings (SSSR count). The first-order chi connectivity index (χ1) is 37.5. The van der Waals surface area contributed by atoms with Crippen LogP contribution in [-0.2, 0) is 14.3 Å². The number of hydrogen-bond acceptors (Lipinski definition) is 5.